The molecule has 4 aromatic carbocycles. The van der Waals surface area contributed by atoms with Gasteiger partial charge in [-0.2, -0.15) is 0 Å². The number of benzene rings is 4. The summed E-state index contributed by atoms with van der Waals surface area (Å²) in [6, 6.07) is 39.5. The third-order valence-corrected chi connectivity index (χ3v) is 13.7. The Bertz CT molecular complexity index is 1420. The van der Waals surface area contributed by atoms with Gasteiger partial charge in [-0.05, 0) is 0 Å². The van der Waals surface area contributed by atoms with E-state index >= 15 is 0 Å². The van der Waals surface area contributed by atoms with Crippen molar-refractivity contribution in [3.8, 4) is 11.1 Å². The van der Waals surface area contributed by atoms with Crippen molar-refractivity contribution < 1.29 is 47.3 Å². The molecule has 0 bridgehead atoms. The summed E-state index contributed by atoms with van der Waals surface area (Å²) in [7, 11) is 0. The Hall–Kier alpha value is -2.49. The predicted molar refractivity (Wildman–Crippen MR) is 172 cm³/mol. The molecule has 1 saturated carbocycles. The van der Waals surface area contributed by atoms with Gasteiger partial charge in [0.25, 0.3) is 0 Å². The van der Waals surface area contributed by atoms with Crippen LogP contribution in [0.4, 0.5) is 0 Å². The fraction of sp³-hybridized carbons (Fsp3) is 0.333. The predicted octanol–water partition coefficient (Wildman–Crippen LogP) is 3.60. The number of carbonyl (C=O) groups is 1. The van der Waals surface area contributed by atoms with E-state index in [9.17, 15) is 4.79 Å². The van der Waals surface area contributed by atoms with Gasteiger partial charge in [0, 0.05) is 0 Å². The second-order valence-corrected chi connectivity index (χ2v) is 15.4. The summed E-state index contributed by atoms with van der Waals surface area (Å²) in [6.45, 7) is 0. The first kappa shape index (κ1) is 34.4. The molecule has 0 atom stereocenters. The van der Waals surface area contributed by atoms with Crippen LogP contribution in [0, 0.1) is 5.92 Å². The van der Waals surface area contributed by atoms with E-state index in [1.807, 2.05) is 0 Å². The zero-order chi connectivity index (χ0) is 28.6. The molecular formula is C39H43Cl2NOTi. The van der Waals surface area contributed by atoms with Gasteiger partial charge in [0.15, 0.2) is 0 Å². The third kappa shape index (κ3) is 8.02. The monoisotopic (exact) mass is 659 g/mol. The maximum absolute atomic E-state index is 14.5. The van der Waals surface area contributed by atoms with Crippen molar-refractivity contribution in [1.82, 2.24) is 3.80 Å². The number of rotatable bonds is 5. The van der Waals surface area contributed by atoms with Crippen LogP contribution in [0.1, 0.15) is 97.1 Å². The number of fused-ring (bicyclic) bond motifs is 3. The Morgan fingerprint density at radius 2 is 0.909 bits per heavy atom. The largest absolute Gasteiger partial charge is 1.00 e. The fourth-order valence-electron chi connectivity index (χ4n) is 7.09. The molecule has 1 fully saturated rings. The van der Waals surface area contributed by atoms with E-state index < -0.39 is 17.7 Å². The zero-order valence-electron chi connectivity index (χ0n) is 25.5. The Labute approximate surface area is 282 Å². The Balaban J connectivity index is 0.00000221. The summed E-state index contributed by atoms with van der Waals surface area (Å²) in [5.41, 5.74) is 7.86. The molecule has 2 aliphatic rings. The Morgan fingerprint density at radius 1 is 0.523 bits per heavy atom. The summed E-state index contributed by atoms with van der Waals surface area (Å²) in [5, 5.41) is 0. The first-order valence-corrected chi connectivity index (χ1v) is 18.6. The molecule has 0 saturated heterocycles. The molecule has 4 aromatic rings. The van der Waals surface area contributed by atoms with Crippen LogP contribution in [0.5, 0.6) is 0 Å². The van der Waals surface area contributed by atoms with Crippen LogP contribution in [0.3, 0.4) is 0 Å². The van der Waals surface area contributed by atoms with Gasteiger partial charge in [-0.15, -0.1) is 0 Å². The number of nitrogens with one attached hydrogen (secondary N) is 1. The van der Waals surface area contributed by atoms with Crippen LogP contribution < -0.4 is 28.6 Å². The van der Waals surface area contributed by atoms with E-state index in [2.05, 4.69) is 113 Å². The van der Waals surface area contributed by atoms with Gasteiger partial charge in [0.2, 0.25) is 0 Å². The summed E-state index contributed by atoms with van der Waals surface area (Å²) in [6.07, 6.45) is 13.5. The standard InChI is InChI=1S/C13H25NO.C13H9.C13H10.2ClH.Ti/c14-13(15)12-10-8-6-4-2-1-3-5-7-9-11-12;1-3-7-12-10(5-1)9-11-6-2-4-8-13(11)12;1-3-7-12(8-4-1)11-13-9-5-2-6-10-13;;;/h12H,1-11H2,(H2,14,15);1-9H;1-10H;2*1H;/q;;;;;+3/p-3. The van der Waals surface area contributed by atoms with Crippen LogP contribution in [0.25, 0.3) is 11.1 Å². The summed E-state index contributed by atoms with van der Waals surface area (Å²) < 4.78 is 5.46. The number of hydrogen-bond donors (Lipinski definition) is 1. The molecule has 5 heteroatoms. The van der Waals surface area contributed by atoms with Gasteiger partial charge in [-0.25, -0.2) is 0 Å². The molecule has 0 aromatic heterocycles. The molecule has 228 valence electrons. The van der Waals surface area contributed by atoms with Crippen molar-refractivity contribution in [3.63, 3.8) is 0 Å². The number of carbonyl (C=O) groups excluding carboxylic acids is 1. The first-order chi connectivity index (χ1) is 20.8. The maximum Gasteiger partial charge on any atom is -1.00 e. The Kier molecular flexibility index (Phi) is 13.5. The SMILES string of the molecule is O=C([NH][Ti+2](=[C](c1ccccc1)c1ccccc1)[CH]1c2ccccc2-c2ccccc21)C1CCCCCCCCCCC1.[Cl-].[Cl-]. The fourth-order valence-corrected chi connectivity index (χ4v) is 11.9. The minimum Gasteiger partial charge on any atom is -1.00 e. The molecule has 6 rings (SSSR count). The van der Waals surface area contributed by atoms with Crippen molar-refractivity contribution in [2.45, 2.75) is 74.9 Å². The van der Waals surface area contributed by atoms with Gasteiger partial charge < -0.3 is 24.8 Å². The Morgan fingerprint density at radius 3 is 1.36 bits per heavy atom. The van der Waals surface area contributed by atoms with Crippen LogP contribution in [-0.4, -0.2) is 9.72 Å². The van der Waals surface area contributed by atoms with Gasteiger partial charge in [-0.1, -0.05) is 0 Å². The number of halogens is 2. The molecule has 0 radical (unpaired) electrons. The second-order valence-electron chi connectivity index (χ2n) is 12.1. The molecule has 0 spiro atoms. The van der Waals surface area contributed by atoms with Gasteiger partial charge in [-0.3, -0.25) is 0 Å². The van der Waals surface area contributed by atoms with E-state index in [-0.39, 0.29) is 35.0 Å². The van der Waals surface area contributed by atoms with E-state index in [0.29, 0.717) is 5.91 Å². The van der Waals surface area contributed by atoms with Crippen molar-refractivity contribution >= 4 is 9.72 Å². The maximum atomic E-state index is 14.5. The van der Waals surface area contributed by atoms with Crippen molar-refractivity contribution in [2.24, 2.45) is 5.92 Å². The van der Waals surface area contributed by atoms with E-state index in [1.54, 1.807) is 0 Å². The molecule has 0 aliphatic heterocycles. The third-order valence-electron chi connectivity index (χ3n) is 9.25. The van der Waals surface area contributed by atoms with E-state index in [1.165, 1.54) is 82.1 Å². The molecule has 44 heavy (non-hydrogen) atoms. The minimum absolute atomic E-state index is 0. The quantitative estimate of drug-likeness (QED) is 0.326. The molecule has 2 nitrogen and oxygen atoms in total. The number of amides is 1. The normalized spacial score (nSPS) is 15.4. The summed E-state index contributed by atoms with van der Waals surface area (Å²) in [4.78, 5) is 14.5. The molecule has 1 N–H and O–H groups in total. The summed E-state index contributed by atoms with van der Waals surface area (Å²) in [5.74, 6) is 0.403. The van der Waals surface area contributed by atoms with Gasteiger partial charge in [0.1, 0.15) is 0 Å². The van der Waals surface area contributed by atoms with Crippen LogP contribution >= 0.6 is 0 Å². The molecule has 1 amide bonds. The summed E-state index contributed by atoms with van der Waals surface area (Å²) >= 11 is -2.60. The average molecular weight is 661 g/mol. The zero-order valence-corrected chi connectivity index (χ0v) is 28.6. The van der Waals surface area contributed by atoms with Crippen molar-refractivity contribution in [1.29, 1.82) is 0 Å². The van der Waals surface area contributed by atoms with Crippen LogP contribution in [0.2, 0.25) is 0 Å². The average Bonchev–Trinajstić information content (AvgIpc) is 3.36. The van der Waals surface area contributed by atoms with Crippen LogP contribution in [0.15, 0.2) is 109 Å². The van der Waals surface area contributed by atoms with Crippen molar-refractivity contribution in [2.75, 3.05) is 0 Å². The molecule has 2 aliphatic carbocycles. The minimum atomic E-state index is -2.60. The molecule has 0 heterocycles. The first-order valence-electron chi connectivity index (χ1n) is 16.2. The van der Waals surface area contributed by atoms with Gasteiger partial charge >= 0.3 is 259 Å². The van der Waals surface area contributed by atoms with E-state index in [0.717, 1.165) is 25.7 Å². The van der Waals surface area contributed by atoms with E-state index in [4.69, 9.17) is 0 Å². The number of hydrogen-bond acceptors (Lipinski definition) is 1. The smallest absolute Gasteiger partial charge is 1.00 e. The van der Waals surface area contributed by atoms with Crippen molar-refractivity contribution in [3.05, 3.63) is 131 Å². The molecule has 0 unspecified atom stereocenters. The topological polar surface area (TPSA) is 29.1 Å². The van der Waals surface area contributed by atoms with Gasteiger partial charge in [0.05, 0.1) is 0 Å². The molecular weight excluding hydrogens is 617 g/mol. The van der Waals surface area contributed by atoms with Crippen LogP contribution in [-0.2, 0) is 22.5 Å². The second kappa shape index (κ2) is 17.3.